The molecule has 2 rings (SSSR count). The molecule has 0 fully saturated rings. The smallest absolute Gasteiger partial charge is 0.310 e. The maximum absolute atomic E-state index is 11.8. The van der Waals surface area contributed by atoms with E-state index in [1.165, 1.54) is 30.6 Å². The van der Waals surface area contributed by atoms with Gasteiger partial charge in [-0.05, 0) is 13.0 Å². The van der Waals surface area contributed by atoms with E-state index >= 15 is 0 Å². The number of amides is 1. The molecule has 0 saturated carbocycles. The minimum atomic E-state index is -0.657. The van der Waals surface area contributed by atoms with Crippen molar-refractivity contribution in [3.05, 3.63) is 57.4 Å². The minimum Gasteiger partial charge on any atom is -0.505 e. The molecule has 0 saturated heterocycles. The first-order valence-corrected chi connectivity index (χ1v) is 7.40. The molecule has 136 valence electrons. The molecule has 10 heteroatoms. The van der Waals surface area contributed by atoms with Crippen molar-refractivity contribution in [2.24, 2.45) is 5.10 Å². The molecule has 0 unspecified atom stereocenters. The van der Waals surface area contributed by atoms with Gasteiger partial charge in [-0.2, -0.15) is 5.10 Å². The number of aryl methyl sites for hydroxylation is 1. The van der Waals surface area contributed by atoms with Crippen LogP contribution >= 0.6 is 0 Å². The van der Waals surface area contributed by atoms with Gasteiger partial charge in [0.15, 0.2) is 12.4 Å². The number of carbonyl (C=O) groups excluding carboxylic acids is 1. The van der Waals surface area contributed by atoms with Gasteiger partial charge in [-0.15, -0.1) is 0 Å². The Kier molecular flexibility index (Phi) is 6.17. The molecule has 2 aromatic rings. The lowest BCUT2D eigenvalue weighted by molar-refractivity contribution is -0.385. The molecule has 0 atom stereocenters. The minimum absolute atomic E-state index is 0.0402. The lowest BCUT2D eigenvalue weighted by atomic mass is 10.1. The number of aromatic nitrogens is 1. The van der Waals surface area contributed by atoms with Crippen LogP contribution in [0.5, 0.6) is 11.5 Å². The third-order valence-electron chi connectivity index (χ3n) is 3.33. The average molecular weight is 360 g/mol. The highest BCUT2D eigenvalue weighted by atomic mass is 16.6. The van der Waals surface area contributed by atoms with Gasteiger partial charge >= 0.3 is 5.69 Å². The van der Waals surface area contributed by atoms with Gasteiger partial charge in [-0.3, -0.25) is 19.9 Å². The normalized spacial score (nSPS) is 10.7. The van der Waals surface area contributed by atoms with E-state index in [1.54, 1.807) is 13.0 Å². The Morgan fingerprint density at radius 2 is 2.19 bits per heavy atom. The molecule has 0 bridgehead atoms. The highest BCUT2D eigenvalue weighted by Crippen LogP contribution is 2.25. The molecule has 0 spiro atoms. The lowest BCUT2D eigenvalue weighted by Crippen LogP contribution is -2.24. The summed E-state index contributed by atoms with van der Waals surface area (Å²) in [6.07, 6.45) is 2.55. The van der Waals surface area contributed by atoms with Gasteiger partial charge < -0.3 is 14.9 Å². The summed E-state index contributed by atoms with van der Waals surface area (Å²) in [6, 6.07) is 5.66. The molecule has 1 amide bonds. The molecule has 1 heterocycles. The number of nitro groups is 1. The van der Waals surface area contributed by atoms with Gasteiger partial charge in [-0.25, -0.2) is 5.43 Å². The number of carbonyl (C=O) groups is 1. The molecule has 10 nitrogen and oxygen atoms in total. The fourth-order valence-corrected chi connectivity index (χ4v) is 2.00. The van der Waals surface area contributed by atoms with Crippen molar-refractivity contribution in [3.8, 4) is 11.5 Å². The van der Waals surface area contributed by atoms with E-state index in [1.807, 2.05) is 0 Å². The zero-order valence-electron chi connectivity index (χ0n) is 13.7. The van der Waals surface area contributed by atoms with Crippen molar-refractivity contribution < 1.29 is 24.7 Å². The van der Waals surface area contributed by atoms with Crippen molar-refractivity contribution in [3.63, 3.8) is 0 Å². The number of aliphatic hydroxyl groups excluding tert-OH is 1. The van der Waals surface area contributed by atoms with Crippen LogP contribution < -0.4 is 10.2 Å². The van der Waals surface area contributed by atoms with Gasteiger partial charge in [0, 0.05) is 23.4 Å². The molecule has 0 aliphatic carbocycles. The topological polar surface area (TPSA) is 147 Å². The maximum atomic E-state index is 11.8. The molecular formula is C16H16N4O6. The second kappa shape index (κ2) is 8.53. The fraction of sp³-hybridized carbons (Fsp3) is 0.188. The Bertz CT molecular complexity index is 853. The monoisotopic (exact) mass is 360 g/mol. The molecule has 0 aliphatic rings. The fourth-order valence-electron chi connectivity index (χ4n) is 2.00. The Morgan fingerprint density at radius 3 is 2.88 bits per heavy atom. The van der Waals surface area contributed by atoms with Crippen molar-refractivity contribution in [1.29, 1.82) is 0 Å². The summed E-state index contributed by atoms with van der Waals surface area (Å²) in [5.41, 5.74) is 2.81. The summed E-state index contributed by atoms with van der Waals surface area (Å²) in [4.78, 5) is 25.9. The molecule has 3 N–H and O–H groups in total. The second-order valence-electron chi connectivity index (χ2n) is 5.10. The highest BCUT2D eigenvalue weighted by Gasteiger charge is 2.15. The number of nitrogens with one attached hydrogen (secondary N) is 1. The van der Waals surface area contributed by atoms with Gasteiger partial charge in [0.25, 0.3) is 5.91 Å². The molecule has 1 aromatic heterocycles. The number of hydrogen-bond donors (Lipinski definition) is 3. The molecule has 26 heavy (non-hydrogen) atoms. The van der Waals surface area contributed by atoms with Gasteiger partial charge in [-0.1, -0.05) is 12.1 Å². The highest BCUT2D eigenvalue weighted by molar-refractivity contribution is 5.87. The number of hydrazone groups is 1. The van der Waals surface area contributed by atoms with Crippen LogP contribution in [0.15, 0.2) is 35.6 Å². The van der Waals surface area contributed by atoms with Crippen molar-refractivity contribution >= 4 is 17.8 Å². The number of ether oxygens (including phenoxy) is 1. The second-order valence-corrected chi connectivity index (χ2v) is 5.10. The van der Waals surface area contributed by atoms with Crippen LogP contribution in [0.25, 0.3) is 0 Å². The Hall–Kier alpha value is -3.53. The first-order chi connectivity index (χ1) is 12.4. The lowest BCUT2D eigenvalue weighted by Gasteiger charge is -2.07. The van der Waals surface area contributed by atoms with E-state index < -0.39 is 17.4 Å². The number of rotatable bonds is 7. The van der Waals surface area contributed by atoms with Crippen LogP contribution in [0.2, 0.25) is 0 Å². The van der Waals surface area contributed by atoms with Gasteiger partial charge in [0.05, 0.1) is 23.4 Å². The van der Waals surface area contributed by atoms with Gasteiger partial charge in [0.2, 0.25) is 0 Å². The number of nitrogens with zero attached hydrogens (tertiary/aromatic N) is 3. The molecule has 0 radical (unpaired) electrons. The zero-order chi connectivity index (χ0) is 19.1. The predicted molar refractivity (Wildman–Crippen MR) is 90.9 cm³/mol. The average Bonchev–Trinajstić information content (AvgIpc) is 2.63. The van der Waals surface area contributed by atoms with Crippen molar-refractivity contribution in [2.75, 3.05) is 6.61 Å². The van der Waals surface area contributed by atoms with Crippen LogP contribution in [0.1, 0.15) is 16.8 Å². The van der Waals surface area contributed by atoms with E-state index in [0.717, 1.165) is 0 Å². The van der Waals surface area contributed by atoms with Crippen molar-refractivity contribution in [1.82, 2.24) is 10.4 Å². The third kappa shape index (κ3) is 4.51. The quantitative estimate of drug-likeness (QED) is 0.379. The van der Waals surface area contributed by atoms with E-state index in [9.17, 15) is 25.1 Å². The summed E-state index contributed by atoms with van der Waals surface area (Å²) in [5, 5.41) is 33.7. The van der Waals surface area contributed by atoms with E-state index in [0.29, 0.717) is 11.3 Å². The van der Waals surface area contributed by atoms with Crippen LogP contribution in [-0.2, 0) is 11.4 Å². The SMILES string of the molecule is Cc1ncc(CO)c(C=NNC(=O)COc2ccccc2[N+](=O)[O-])c1O. The van der Waals surface area contributed by atoms with Crippen molar-refractivity contribution in [2.45, 2.75) is 13.5 Å². The number of aliphatic hydroxyl groups is 1. The summed E-state index contributed by atoms with van der Waals surface area (Å²) < 4.78 is 5.12. The first-order valence-electron chi connectivity index (χ1n) is 7.40. The molecular weight excluding hydrogens is 344 g/mol. The van der Waals surface area contributed by atoms with E-state index in [-0.39, 0.29) is 29.4 Å². The zero-order valence-corrected chi connectivity index (χ0v) is 13.7. The Morgan fingerprint density at radius 1 is 1.46 bits per heavy atom. The van der Waals surface area contributed by atoms with Crippen LogP contribution in [0.4, 0.5) is 5.69 Å². The van der Waals surface area contributed by atoms with E-state index in [4.69, 9.17) is 4.74 Å². The predicted octanol–water partition coefficient (Wildman–Crippen LogP) is 1.03. The number of benzene rings is 1. The first kappa shape index (κ1) is 18.8. The number of nitro benzene ring substituents is 1. The summed E-state index contributed by atoms with van der Waals surface area (Å²) in [7, 11) is 0. The van der Waals surface area contributed by atoms with E-state index in [2.05, 4.69) is 15.5 Å². The Labute approximate surface area is 147 Å². The molecule has 1 aromatic carbocycles. The number of hydrogen-bond acceptors (Lipinski definition) is 8. The maximum Gasteiger partial charge on any atom is 0.310 e. The summed E-state index contributed by atoms with van der Waals surface area (Å²) in [5.74, 6) is -0.859. The molecule has 0 aliphatic heterocycles. The summed E-state index contributed by atoms with van der Waals surface area (Å²) >= 11 is 0. The largest absolute Gasteiger partial charge is 0.505 e. The summed E-state index contributed by atoms with van der Waals surface area (Å²) in [6.45, 7) is 0.723. The van der Waals surface area contributed by atoms with Crippen LogP contribution in [0.3, 0.4) is 0 Å². The number of aromatic hydroxyl groups is 1. The van der Waals surface area contributed by atoms with Crippen LogP contribution in [-0.4, -0.2) is 38.8 Å². The van der Waals surface area contributed by atoms with Crippen LogP contribution in [0, 0.1) is 17.0 Å². The van der Waals surface area contributed by atoms with Gasteiger partial charge in [0.1, 0.15) is 5.75 Å². The Balaban J connectivity index is 1.99. The number of para-hydroxylation sites is 2. The number of pyridine rings is 1. The third-order valence-corrected chi connectivity index (χ3v) is 3.33. The standard InChI is InChI=1S/C16H16N4O6/c1-10-16(23)12(11(8-21)6-17-10)7-18-19-15(22)9-26-14-5-3-2-4-13(14)20(24)25/h2-7,21,23H,8-9H2,1H3,(H,19,22).